The Kier molecular flexibility index (Phi) is 4.90. The Bertz CT molecular complexity index is 676. The summed E-state index contributed by atoms with van der Waals surface area (Å²) in [7, 11) is 0. The van der Waals surface area contributed by atoms with Gasteiger partial charge in [0.05, 0.1) is 5.75 Å². The fourth-order valence-electron chi connectivity index (χ4n) is 1.58. The minimum Gasteiger partial charge on any atom is -0.325 e. The molecule has 1 amide bonds. The van der Waals surface area contributed by atoms with Gasteiger partial charge in [-0.1, -0.05) is 6.07 Å². The van der Waals surface area contributed by atoms with E-state index in [9.17, 15) is 18.0 Å². The van der Waals surface area contributed by atoms with Crippen molar-refractivity contribution in [3.05, 3.63) is 59.4 Å². The standard InChI is InChI=1S/C15H12F3NOS/c1-9-2-3-10(6-13(9)17)19-15(20)8-21-11-4-5-12(16)14(18)7-11/h2-7H,8H2,1H3,(H,19,20). The molecule has 0 unspecified atom stereocenters. The van der Waals surface area contributed by atoms with E-state index >= 15 is 0 Å². The zero-order valence-electron chi connectivity index (χ0n) is 11.1. The molecule has 2 rings (SSSR count). The average Bonchev–Trinajstić information content (AvgIpc) is 2.44. The van der Waals surface area contributed by atoms with Crippen LogP contribution in [0.15, 0.2) is 41.3 Å². The second kappa shape index (κ2) is 6.67. The second-order valence-corrected chi connectivity index (χ2v) is 5.43. The van der Waals surface area contributed by atoms with Gasteiger partial charge in [0.25, 0.3) is 0 Å². The molecule has 2 nitrogen and oxygen atoms in total. The zero-order valence-corrected chi connectivity index (χ0v) is 11.9. The number of carbonyl (C=O) groups is 1. The van der Waals surface area contributed by atoms with Crippen LogP contribution >= 0.6 is 11.8 Å². The van der Waals surface area contributed by atoms with Crippen LogP contribution < -0.4 is 5.32 Å². The molecule has 0 aliphatic carbocycles. The van der Waals surface area contributed by atoms with Crippen molar-refractivity contribution in [3.8, 4) is 0 Å². The Hall–Kier alpha value is -1.95. The van der Waals surface area contributed by atoms with Crippen LogP contribution in [0.5, 0.6) is 0 Å². The lowest BCUT2D eigenvalue weighted by atomic mass is 10.2. The van der Waals surface area contributed by atoms with Gasteiger partial charge in [-0.05, 0) is 42.8 Å². The average molecular weight is 311 g/mol. The number of thioether (sulfide) groups is 1. The van der Waals surface area contributed by atoms with Gasteiger partial charge in [0.2, 0.25) is 5.91 Å². The monoisotopic (exact) mass is 311 g/mol. The van der Waals surface area contributed by atoms with E-state index in [1.165, 1.54) is 12.1 Å². The molecule has 2 aromatic carbocycles. The number of rotatable bonds is 4. The summed E-state index contributed by atoms with van der Waals surface area (Å²) >= 11 is 1.07. The first kappa shape index (κ1) is 15.4. The Balaban J connectivity index is 1.92. The van der Waals surface area contributed by atoms with Crippen LogP contribution in [0.25, 0.3) is 0 Å². The van der Waals surface area contributed by atoms with Crippen LogP contribution in [-0.4, -0.2) is 11.7 Å². The predicted octanol–water partition coefficient (Wildman–Crippen LogP) is 4.14. The lowest BCUT2D eigenvalue weighted by Gasteiger charge is -2.06. The fourth-order valence-corrected chi connectivity index (χ4v) is 2.30. The molecule has 2 aromatic rings. The van der Waals surface area contributed by atoms with Gasteiger partial charge < -0.3 is 5.32 Å². The highest BCUT2D eigenvalue weighted by Crippen LogP contribution is 2.21. The summed E-state index contributed by atoms with van der Waals surface area (Å²) in [4.78, 5) is 12.2. The minimum atomic E-state index is -0.957. The number of carbonyl (C=O) groups excluding carboxylic acids is 1. The van der Waals surface area contributed by atoms with Gasteiger partial charge in [-0.25, -0.2) is 13.2 Å². The molecule has 110 valence electrons. The maximum absolute atomic E-state index is 13.3. The Morgan fingerprint density at radius 2 is 1.81 bits per heavy atom. The molecule has 6 heteroatoms. The number of anilines is 1. The van der Waals surface area contributed by atoms with Crippen LogP contribution in [0.1, 0.15) is 5.56 Å². The van der Waals surface area contributed by atoms with Gasteiger partial charge >= 0.3 is 0 Å². The Morgan fingerprint density at radius 3 is 2.48 bits per heavy atom. The lowest BCUT2D eigenvalue weighted by molar-refractivity contribution is -0.113. The maximum atomic E-state index is 13.3. The van der Waals surface area contributed by atoms with E-state index in [0.29, 0.717) is 16.1 Å². The molecule has 0 aliphatic rings. The van der Waals surface area contributed by atoms with Gasteiger partial charge in [0, 0.05) is 10.6 Å². The molecule has 0 bridgehead atoms. The van der Waals surface area contributed by atoms with Crippen molar-refractivity contribution in [2.45, 2.75) is 11.8 Å². The zero-order chi connectivity index (χ0) is 15.4. The number of hydrogen-bond acceptors (Lipinski definition) is 2. The summed E-state index contributed by atoms with van der Waals surface area (Å²) in [5.74, 6) is -2.63. The van der Waals surface area contributed by atoms with Gasteiger partial charge in [-0.15, -0.1) is 11.8 Å². The largest absolute Gasteiger partial charge is 0.325 e. The summed E-state index contributed by atoms with van der Waals surface area (Å²) in [6.45, 7) is 1.62. The van der Waals surface area contributed by atoms with Crippen molar-refractivity contribution in [1.29, 1.82) is 0 Å². The van der Waals surface area contributed by atoms with Crippen LogP contribution in [0.3, 0.4) is 0 Å². The van der Waals surface area contributed by atoms with Crippen LogP contribution in [0.4, 0.5) is 18.9 Å². The summed E-state index contributed by atoms with van der Waals surface area (Å²) in [6, 6.07) is 7.81. The third-order valence-electron chi connectivity index (χ3n) is 2.72. The number of halogens is 3. The number of aryl methyl sites for hydroxylation is 1. The van der Waals surface area contributed by atoms with Gasteiger partial charge in [-0.2, -0.15) is 0 Å². The molecule has 0 fully saturated rings. The molecule has 0 heterocycles. The molecule has 0 radical (unpaired) electrons. The van der Waals surface area contributed by atoms with Crippen molar-refractivity contribution < 1.29 is 18.0 Å². The van der Waals surface area contributed by atoms with Gasteiger partial charge in [0.1, 0.15) is 5.82 Å². The van der Waals surface area contributed by atoms with Crippen LogP contribution in [0, 0.1) is 24.4 Å². The molecule has 0 spiro atoms. The Morgan fingerprint density at radius 1 is 1.05 bits per heavy atom. The summed E-state index contributed by atoms with van der Waals surface area (Å²) in [5, 5.41) is 2.54. The van der Waals surface area contributed by atoms with E-state index in [2.05, 4.69) is 5.32 Å². The Labute approximate surface area is 124 Å². The molecule has 21 heavy (non-hydrogen) atoms. The molecule has 0 atom stereocenters. The molecular weight excluding hydrogens is 299 g/mol. The number of amides is 1. The first-order valence-electron chi connectivity index (χ1n) is 6.09. The molecular formula is C15H12F3NOS. The van der Waals surface area contributed by atoms with Crippen molar-refractivity contribution >= 4 is 23.4 Å². The lowest BCUT2D eigenvalue weighted by Crippen LogP contribution is -2.14. The highest BCUT2D eigenvalue weighted by molar-refractivity contribution is 8.00. The third kappa shape index (κ3) is 4.26. The van der Waals surface area contributed by atoms with Gasteiger partial charge in [-0.3, -0.25) is 4.79 Å². The first-order valence-corrected chi connectivity index (χ1v) is 7.08. The van der Waals surface area contributed by atoms with E-state index in [1.807, 2.05) is 0 Å². The van der Waals surface area contributed by atoms with E-state index in [0.717, 1.165) is 23.9 Å². The van der Waals surface area contributed by atoms with Crippen molar-refractivity contribution in [2.24, 2.45) is 0 Å². The highest BCUT2D eigenvalue weighted by atomic mass is 32.2. The van der Waals surface area contributed by atoms with Crippen molar-refractivity contribution in [2.75, 3.05) is 11.1 Å². The van der Waals surface area contributed by atoms with Crippen molar-refractivity contribution in [3.63, 3.8) is 0 Å². The van der Waals surface area contributed by atoms with E-state index < -0.39 is 17.5 Å². The predicted molar refractivity (Wildman–Crippen MR) is 76.8 cm³/mol. The van der Waals surface area contributed by atoms with Gasteiger partial charge in [0.15, 0.2) is 11.6 Å². The molecule has 0 aliphatic heterocycles. The number of hydrogen-bond donors (Lipinski definition) is 1. The summed E-state index contributed by atoms with van der Waals surface area (Å²) in [5.41, 5.74) is 0.846. The fraction of sp³-hybridized carbons (Fsp3) is 0.133. The molecule has 0 saturated carbocycles. The van der Waals surface area contributed by atoms with Crippen molar-refractivity contribution in [1.82, 2.24) is 0 Å². The molecule has 0 aromatic heterocycles. The quantitative estimate of drug-likeness (QED) is 0.860. The first-order chi connectivity index (χ1) is 9.95. The minimum absolute atomic E-state index is 0.0145. The summed E-state index contributed by atoms with van der Waals surface area (Å²) in [6.07, 6.45) is 0. The highest BCUT2D eigenvalue weighted by Gasteiger charge is 2.07. The normalized spacial score (nSPS) is 10.5. The second-order valence-electron chi connectivity index (χ2n) is 4.38. The van der Waals surface area contributed by atoms with E-state index in [1.54, 1.807) is 19.1 Å². The van der Waals surface area contributed by atoms with Crippen LogP contribution in [0.2, 0.25) is 0 Å². The van der Waals surface area contributed by atoms with E-state index in [4.69, 9.17) is 0 Å². The molecule has 1 N–H and O–H groups in total. The third-order valence-corrected chi connectivity index (χ3v) is 3.71. The van der Waals surface area contributed by atoms with E-state index in [-0.39, 0.29) is 11.7 Å². The SMILES string of the molecule is Cc1ccc(NC(=O)CSc2ccc(F)c(F)c2)cc1F. The maximum Gasteiger partial charge on any atom is 0.234 e. The van der Waals surface area contributed by atoms with Crippen LogP contribution in [-0.2, 0) is 4.79 Å². The summed E-state index contributed by atoms with van der Waals surface area (Å²) < 4.78 is 39.1. The smallest absolute Gasteiger partial charge is 0.234 e. The topological polar surface area (TPSA) is 29.1 Å². The number of nitrogens with one attached hydrogen (secondary N) is 1. The number of benzene rings is 2. The molecule has 0 saturated heterocycles.